The lowest BCUT2D eigenvalue weighted by Crippen LogP contribution is -2.30. The van der Waals surface area contributed by atoms with Crippen LogP contribution in [0.2, 0.25) is 5.02 Å². The molecule has 0 spiro atoms. The van der Waals surface area contributed by atoms with Gasteiger partial charge in [0.1, 0.15) is 0 Å². The van der Waals surface area contributed by atoms with Gasteiger partial charge in [-0.1, -0.05) is 49.8 Å². The molecule has 1 fully saturated rings. The van der Waals surface area contributed by atoms with E-state index in [4.69, 9.17) is 23.2 Å². The van der Waals surface area contributed by atoms with Crippen LogP contribution in [0.15, 0.2) is 18.2 Å². The third-order valence-electron chi connectivity index (χ3n) is 3.92. The third kappa shape index (κ3) is 3.37. The fraction of sp³-hybridized carbons (Fsp3) is 0.571. The first-order valence-electron chi connectivity index (χ1n) is 6.71. The molecule has 100 valence electrons. The summed E-state index contributed by atoms with van der Waals surface area (Å²) in [7, 11) is 0. The zero-order valence-corrected chi connectivity index (χ0v) is 11.4. The van der Waals surface area contributed by atoms with Gasteiger partial charge in [-0.15, -0.1) is 0 Å². The van der Waals surface area contributed by atoms with Crippen molar-refractivity contribution in [3.8, 4) is 0 Å². The van der Waals surface area contributed by atoms with E-state index in [0.717, 1.165) is 23.6 Å². The second kappa shape index (κ2) is 6.41. The smallest absolute Gasteiger partial charge is 0.0483 e. The molecule has 0 aromatic heterocycles. The van der Waals surface area contributed by atoms with Gasteiger partial charge >= 0.3 is 0 Å². The van der Waals surface area contributed by atoms with E-state index in [1.165, 1.54) is 32.1 Å². The zero-order valence-electron chi connectivity index (χ0n) is 10.7. The van der Waals surface area contributed by atoms with Crippen molar-refractivity contribution in [2.24, 2.45) is 11.8 Å². The van der Waals surface area contributed by atoms with E-state index in [-0.39, 0.29) is 6.04 Å². The van der Waals surface area contributed by atoms with Crippen molar-refractivity contribution in [1.82, 2.24) is 5.43 Å². The lowest BCUT2D eigenvalue weighted by molar-refractivity contribution is 0.301. The van der Waals surface area contributed by atoms with Crippen LogP contribution in [0.1, 0.15) is 50.1 Å². The number of hydrazine groups is 1. The second-order valence-electron chi connectivity index (χ2n) is 5.23. The third-order valence-corrected chi connectivity index (χ3v) is 4.15. The van der Waals surface area contributed by atoms with Crippen molar-refractivity contribution in [3.63, 3.8) is 0 Å². The van der Waals surface area contributed by atoms with Crippen LogP contribution in [0, 0.1) is 5.92 Å². The minimum Gasteiger partial charge on any atom is -0.398 e. The highest BCUT2D eigenvalue weighted by molar-refractivity contribution is 6.30. The second-order valence-corrected chi connectivity index (χ2v) is 5.67. The first-order chi connectivity index (χ1) is 8.70. The van der Waals surface area contributed by atoms with Crippen molar-refractivity contribution in [2.45, 2.75) is 44.6 Å². The van der Waals surface area contributed by atoms with Gasteiger partial charge in [0.25, 0.3) is 0 Å². The summed E-state index contributed by atoms with van der Waals surface area (Å²) >= 11 is 5.93. The largest absolute Gasteiger partial charge is 0.398 e. The molecule has 1 aromatic rings. The predicted molar refractivity (Wildman–Crippen MR) is 77.1 cm³/mol. The summed E-state index contributed by atoms with van der Waals surface area (Å²) in [4.78, 5) is 0. The predicted octanol–water partition coefficient (Wildman–Crippen LogP) is 3.40. The molecule has 3 nitrogen and oxygen atoms in total. The van der Waals surface area contributed by atoms with Crippen LogP contribution < -0.4 is 17.0 Å². The highest BCUT2D eigenvalue weighted by Crippen LogP contribution is 2.33. The lowest BCUT2D eigenvalue weighted by Gasteiger charge is -2.27. The maximum Gasteiger partial charge on any atom is 0.0483 e. The topological polar surface area (TPSA) is 64.1 Å². The zero-order chi connectivity index (χ0) is 13.0. The molecule has 0 radical (unpaired) electrons. The lowest BCUT2D eigenvalue weighted by atomic mass is 9.83. The number of halogens is 1. The van der Waals surface area contributed by atoms with Gasteiger partial charge in [0.2, 0.25) is 0 Å². The Balaban J connectivity index is 2.07. The van der Waals surface area contributed by atoms with E-state index in [9.17, 15) is 0 Å². The van der Waals surface area contributed by atoms with Crippen molar-refractivity contribution in [1.29, 1.82) is 0 Å². The van der Waals surface area contributed by atoms with Gasteiger partial charge in [-0.05, 0) is 30.0 Å². The Hall–Kier alpha value is -0.770. The molecule has 1 aliphatic carbocycles. The molecule has 1 aliphatic rings. The standard InChI is InChI=1S/C14H22ClN3/c15-11-6-7-12(13(16)9-11)14(18-17)8-10-4-2-1-3-5-10/h6-7,9-10,14,18H,1-5,8,16-17H2. The van der Waals surface area contributed by atoms with Crippen molar-refractivity contribution >= 4 is 17.3 Å². The highest BCUT2D eigenvalue weighted by atomic mass is 35.5. The first-order valence-corrected chi connectivity index (χ1v) is 7.09. The molecular weight excluding hydrogens is 246 g/mol. The molecule has 18 heavy (non-hydrogen) atoms. The number of benzene rings is 1. The summed E-state index contributed by atoms with van der Waals surface area (Å²) in [5.41, 5.74) is 10.7. The van der Waals surface area contributed by atoms with Gasteiger partial charge < -0.3 is 5.73 Å². The molecule has 1 aromatic carbocycles. The van der Waals surface area contributed by atoms with Crippen LogP contribution in [0.4, 0.5) is 5.69 Å². The van der Waals surface area contributed by atoms with Gasteiger partial charge in [0, 0.05) is 16.8 Å². The molecule has 1 atom stereocenters. The number of nitrogen functional groups attached to an aromatic ring is 1. The van der Waals surface area contributed by atoms with Crippen LogP contribution in [0.3, 0.4) is 0 Å². The number of nitrogens with two attached hydrogens (primary N) is 2. The summed E-state index contributed by atoms with van der Waals surface area (Å²) in [6.45, 7) is 0. The average Bonchev–Trinajstić information content (AvgIpc) is 2.38. The molecule has 0 aliphatic heterocycles. The summed E-state index contributed by atoms with van der Waals surface area (Å²) < 4.78 is 0. The Kier molecular flexibility index (Phi) is 4.87. The number of hydrogen-bond donors (Lipinski definition) is 3. The van der Waals surface area contributed by atoms with Crippen LogP contribution in [-0.4, -0.2) is 0 Å². The van der Waals surface area contributed by atoms with Crippen molar-refractivity contribution in [2.75, 3.05) is 5.73 Å². The molecule has 0 amide bonds. The first kappa shape index (κ1) is 13.7. The summed E-state index contributed by atoms with van der Waals surface area (Å²) in [5.74, 6) is 6.45. The van der Waals surface area contributed by atoms with Crippen LogP contribution in [0.25, 0.3) is 0 Å². The highest BCUT2D eigenvalue weighted by Gasteiger charge is 2.20. The van der Waals surface area contributed by atoms with E-state index in [1.807, 2.05) is 12.1 Å². The molecule has 0 heterocycles. The molecule has 2 rings (SSSR count). The van der Waals surface area contributed by atoms with Crippen LogP contribution in [0.5, 0.6) is 0 Å². The summed E-state index contributed by atoms with van der Waals surface area (Å²) in [6.07, 6.45) is 7.75. The Bertz CT molecular complexity index is 389. The molecule has 4 heteroatoms. The van der Waals surface area contributed by atoms with Crippen molar-refractivity contribution < 1.29 is 0 Å². The van der Waals surface area contributed by atoms with Crippen molar-refractivity contribution in [3.05, 3.63) is 28.8 Å². The molecule has 1 unspecified atom stereocenters. The maximum absolute atomic E-state index is 6.02. The molecular formula is C14H22ClN3. The minimum absolute atomic E-state index is 0.130. The van der Waals surface area contributed by atoms with Gasteiger partial charge in [-0.2, -0.15) is 0 Å². The van der Waals surface area contributed by atoms with E-state index >= 15 is 0 Å². The SMILES string of the molecule is NNC(CC1CCCCC1)c1ccc(Cl)cc1N. The van der Waals surface area contributed by atoms with E-state index < -0.39 is 0 Å². The fourth-order valence-electron chi connectivity index (χ4n) is 2.90. The van der Waals surface area contributed by atoms with Crippen LogP contribution >= 0.6 is 11.6 Å². The number of rotatable bonds is 4. The summed E-state index contributed by atoms with van der Waals surface area (Å²) in [5, 5.41) is 0.671. The van der Waals surface area contributed by atoms with E-state index in [0.29, 0.717) is 5.02 Å². The van der Waals surface area contributed by atoms with Gasteiger partial charge in [0.15, 0.2) is 0 Å². The number of hydrogen-bond acceptors (Lipinski definition) is 3. The Morgan fingerprint density at radius 1 is 1.28 bits per heavy atom. The summed E-state index contributed by atoms with van der Waals surface area (Å²) in [6, 6.07) is 5.77. The monoisotopic (exact) mass is 267 g/mol. The quantitative estimate of drug-likeness (QED) is 0.445. The molecule has 1 saturated carbocycles. The fourth-order valence-corrected chi connectivity index (χ4v) is 3.08. The van der Waals surface area contributed by atoms with E-state index in [2.05, 4.69) is 5.43 Å². The molecule has 0 saturated heterocycles. The average molecular weight is 268 g/mol. The van der Waals surface area contributed by atoms with Gasteiger partial charge in [-0.3, -0.25) is 11.3 Å². The Morgan fingerprint density at radius 2 is 2.00 bits per heavy atom. The maximum atomic E-state index is 6.02. The van der Waals surface area contributed by atoms with Gasteiger partial charge in [0.05, 0.1) is 0 Å². The molecule has 0 bridgehead atoms. The normalized spacial score (nSPS) is 18.8. The minimum atomic E-state index is 0.130. The molecule has 5 N–H and O–H groups in total. The van der Waals surface area contributed by atoms with E-state index in [1.54, 1.807) is 6.07 Å². The Morgan fingerprint density at radius 3 is 2.61 bits per heavy atom. The number of anilines is 1. The Labute approximate surface area is 114 Å². The van der Waals surface area contributed by atoms with Crippen LogP contribution in [-0.2, 0) is 0 Å². The van der Waals surface area contributed by atoms with Gasteiger partial charge in [-0.25, -0.2) is 0 Å². The number of nitrogens with one attached hydrogen (secondary N) is 1.